The second kappa shape index (κ2) is 7.51. The van der Waals surface area contributed by atoms with Crippen LogP contribution < -0.4 is 0 Å². The highest BCUT2D eigenvalue weighted by molar-refractivity contribution is 7.46. The summed E-state index contributed by atoms with van der Waals surface area (Å²) in [6.07, 6.45) is 2.68. The van der Waals surface area contributed by atoms with Gasteiger partial charge in [-0.2, -0.15) is 0 Å². The molecule has 0 saturated heterocycles. The van der Waals surface area contributed by atoms with Crippen molar-refractivity contribution < 1.29 is 18.5 Å². The predicted molar refractivity (Wildman–Crippen MR) is 46.6 cm³/mol. The van der Waals surface area contributed by atoms with Gasteiger partial charge in [-0.25, -0.2) is 4.57 Å². The normalized spacial score (nSPS) is 13.5. The van der Waals surface area contributed by atoms with Crippen molar-refractivity contribution in [3.8, 4) is 0 Å². The lowest BCUT2D eigenvalue weighted by atomic mass is 10.3. The van der Waals surface area contributed by atoms with E-state index in [4.69, 9.17) is 5.11 Å². The molecule has 1 unspecified atom stereocenters. The predicted octanol–water partition coefficient (Wildman–Crippen LogP) is 2.28. The molecule has 1 atom stereocenters. The van der Waals surface area contributed by atoms with Gasteiger partial charge in [-0.3, -0.25) is 0 Å². The molecule has 0 saturated carbocycles. The molecule has 0 rings (SSSR count). The van der Waals surface area contributed by atoms with Gasteiger partial charge in [0.2, 0.25) is 0 Å². The lowest BCUT2D eigenvalue weighted by molar-refractivity contribution is 0.331. The summed E-state index contributed by atoms with van der Waals surface area (Å²) in [5.41, 5.74) is 0.832. The van der Waals surface area contributed by atoms with Crippen LogP contribution in [0.25, 0.3) is 0 Å². The van der Waals surface area contributed by atoms with Gasteiger partial charge in [-0.15, -0.1) is 0 Å². The molecule has 0 heterocycles. The number of aliphatic hydroxyl groups excluding tert-OH is 1. The molecule has 0 amide bonds. The monoisotopic (exact) mass is 209 g/mol. The average molecular weight is 209 g/mol. The van der Waals surface area contributed by atoms with Crippen LogP contribution in [0, 0.1) is 0 Å². The third-order valence-electron chi connectivity index (χ3n) is 1.18. The number of aliphatic hydroxyl groups is 1. The summed E-state index contributed by atoms with van der Waals surface area (Å²) < 4.78 is 24.8. The summed E-state index contributed by atoms with van der Waals surface area (Å²) >= 11 is 0. The molecule has 0 radical (unpaired) electrons. The molecule has 0 aliphatic rings. The largest absolute Gasteiger partial charge is 0.520 e. The minimum absolute atomic E-state index is 0.0114. The lowest BCUT2D eigenvalue weighted by Crippen LogP contribution is -1.84. The zero-order valence-electron chi connectivity index (χ0n) is 6.77. The fraction of sp³-hybridized carbons (Fsp3) is 0.667. The Morgan fingerprint density at radius 1 is 1.75 bits per heavy atom. The lowest BCUT2D eigenvalue weighted by Gasteiger charge is -1.89. The summed E-state index contributed by atoms with van der Waals surface area (Å²) in [7, 11) is -2.36. The molecule has 0 fully saturated rings. The average Bonchev–Trinajstić information content (AvgIpc) is 2.04. The number of hydrogen-bond donors (Lipinski definition) is 1. The van der Waals surface area contributed by atoms with Crippen LogP contribution in [0.1, 0.15) is 13.3 Å². The topological polar surface area (TPSA) is 63.6 Å². The smallest absolute Gasteiger partial charge is 0.392 e. The minimum atomic E-state index is -1.82. The number of hydrogen-bond acceptors (Lipinski definition) is 4. The Hall–Kier alpha value is -0.140. The van der Waals surface area contributed by atoms with E-state index in [0.29, 0.717) is 12.6 Å². The van der Waals surface area contributed by atoms with E-state index in [1.54, 1.807) is 13.0 Å². The van der Waals surface area contributed by atoms with E-state index in [0.717, 1.165) is 5.57 Å². The van der Waals surface area contributed by atoms with Crippen LogP contribution in [0.5, 0.6) is 0 Å². The van der Waals surface area contributed by atoms with Crippen LogP contribution in [-0.4, -0.2) is 17.9 Å². The second-order valence-corrected chi connectivity index (χ2v) is 4.12. The Morgan fingerprint density at radius 3 is 2.92 bits per heavy atom. The van der Waals surface area contributed by atoms with Crippen LogP contribution in [0.3, 0.4) is 0 Å². The summed E-state index contributed by atoms with van der Waals surface area (Å²) in [6, 6.07) is 0. The van der Waals surface area contributed by atoms with Crippen LogP contribution in [0.2, 0.25) is 0 Å². The maximum absolute atomic E-state index is 10.7. The molecule has 0 bridgehead atoms. The highest BCUT2D eigenvalue weighted by atomic mass is 31.2. The first-order valence-corrected chi connectivity index (χ1v) is 5.51. The van der Waals surface area contributed by atoms with Crippen molar-refractivity contribution in [2.24, 2.45) is 0 Å². The molecule has 68 valence electrons. The number of allylic oxidation sites excluding steroid dienone is 1. The quantitative estimate of drug-likeness (QED) is 0.538. The van der Waals surface area contributed by atoms with Crippen LogP contribution >= 0.6 is 16.7 Å². The molecule has 0 aromatic heterocycles. The molecule has 1 N–H and O–H groups in total. The molecule has 4 nitrogen and oxygen atoms in total. The molecular formula is C6H11O4P2+. The minimum Gasteiger partial charge on any atom is -0.392 e. The third-order valence-corrected chi connectivity index (χ3v) is 2.80. The van der Waals surface area contributed by atoms with Crippen molar-refractivity contribution in [1.29, 1.82) is 0 Å². The fourth-order valence-corrected chi connectivity index (χ4v) is 1.52. The Kier molecular flexibility index (Phi) is 7.42. The van der Waals surface area contributed by atoms with Crippen molar-refractivity contribution >= 4 is 16.7 Å². The Labute approximate surface area is 73.8 Å². The van der Waals surface area contributed by atoms with E-state index in [2.05, 4.69) is 4.31 Å². The van der Waals surface area contributed by atoms with E-state index in [1.165, 1.54) is 0 Å². The summed E-state index contributed by atoms with van der Waals surface area (Å²) in [4.78, 5) is 0. The van der Waals surface area contributed by atoms with Gasteiger partial charge in [-0.1, -0.05) is 11.6 Å². The summed E-state index contributed by atoms with van der Waals surface area (Å²) in [5.74, 6) is 0. The van der Waals surface area contributed by atoms with Crippen molar-refractivity contribution in [2.45, 2.75) is 13.3 Å². The van der Waals surface area contributed by atoms with E-state index in [9.17, 15) is 9.13 Å². The van der Waals surface area contributed by atoms with Gasteiger partial charge in [0, 0.05) is 6.42 Å². The van der Waals surface area contributed by atoms with E-state index in [1.807, 2.05) is 0 Å². The maximum atomic E-state index is 10.7. The van der Waals surface area contributed by atoms with Gasteiger partial charge in [0.15, 0.2) is 6.16 Å². The Bertz CT molecular complexity index is 190. The summed E-state index contributed by atoms with van der Waals surface area (Å²) in [5, 5.41) is 8.58. The van der Waals surface area contributed by atoms with Gasteiger partial charge in [0.05, 0.1) is 6.61 Å². The highest BCUT2D eigenvalue weighted by Crippen LogP contribution is 2.28. The van der Waals surface area contributed by atoms with Gasteiger partial charge in [0.1, 0.15) is 0 Å². The molecule has 0 spiro atoms. The maximum Gasteiger partial charge on any atom is 0.520 e. The number of rotatable bonds is 6. The Morgan fingerprint density at radius 2 is 2.42 bits per heavy atom. The molecule has 12 heavy (non-hydrogen) atoms. The van der Waals surface area contributed by atoms with Gasteiger partial charge in [-0.05, 0) is 15.8 Å². The van der Waals surface area contributed by atoms with Crippen LogP contribution in [-0.2, 0) is 13.4 Å². The first-order chi connectivity index (χ1) is 5.70. The SMILES string of the molecule is C/C(=C\CC[P+](=O)OP=O)CO. The molecule has 0 aliphatic carbocycles. The van der Waals surface area contributed by atoms with Gasteiger partial charge >= 0.3 is 16.7 Å². The van der Waals surface area contributed by atoms with E-state index >= 15 is 0 Å². The first kappa shape index (κ1) is 11.9. The standard InChI is InChI=1S/C6H11O4P2/c1-6(5-7)3-2-4-12(9)10-11-8/h3,7H,2,4-5H2,1H3/q+1/b6-3+. The zero-order chi connectivity index (χ0) is 9.40. The third kappa shape index (κ3) is 6.56. The highest BCUT2D eigenvalue weighted by Gasteiger charge is 2.15. The van der Waals surface area contributed by atoms with Gasteiger partial charge in [0.25, 0.3) is 0 Å². The first-order valence-electron chi connectivity index (χ1n) is 3.41. The van der Waals surface area contributed by atoms with E-state index in [-0.39, 0.29) is 6.61 Å². The summed E-state index contributed by atoms with van der Waals surface area (Å²) in [6.45, 7) is 1.79. The fourth-order valence-electron chi connectivity index (χ4n) is 0.559. The van der Waals surface area contributed by atoms with Crippen molar-refractivity contribution in [3.05, 3.63) is 11.6 Å². The molecule has 0 aromatic rings. The van der Waals surface area contributed by atoms with E-state index < -0.39 is 16.7 Å². The van der Waals surface area contributed by atoms with Crippen LogP contribution in [0.4, 0.5) is 0 Å². The molecule has 6 heteroatoms. The van der Waals surface area contributed by atoms with Gasteiger partial charge < -0.3 is 5.11 Å². The van der Waals surface area contributed by atoms with Crippen molar-refractivity contribution in [2.75, 3.05) is 12.8 Å². The van der Waals surface area contributed by atoms with Crippen LogP contribution in [0.15, 0.2) is 11.6 Å². The molecule has 0 aliphatic heterocycles. The Balaban J connectivity index is 3.55. The zero-order valence-corrected chi connectivity index (χ0v) is 8.55. The molecular weight excluding hydrogens is 198 g/mol. The van der Waals surface area contributed by atoms with Crippen molar-refractivity contribution in [3.63, 3.8) is 0 Å². The molecule has 0 aromatic carbocycles. The second-order valence-electron chi connectivity index (χ2n) is 2.21. The van der Waals surface area contributed by atoms with Crippen molar-refractivity contribution in [1.82, 2.24) is 0 Å².